The number of anilines is 2. The van der Waals surface area contributed by atoms with Crippen molar-refractivity contribution in [2.75, 3.05) is 19.5 Å². The first-order valence-corrected chi connectivity index (χ1v) is 8.02. The highest BCUT2D eigenvalue weighted by Gasteiger charge is 2.14. The number of nitrogens with zero attached hydrogens (tertiary/aromatic N) is 2. The summed E-state index contributed by atoms with van der Waals surface area (Å²) >= 11 is 0. The normalized spacial score (nSPS) is 10.7. The van der Waals surface area contributed by atoms with Crippen molar-refractivity contribution in [1.82, 2.24) is 9.97 Å². The summed E-state index contributed by atoms with van der Waals surface area (Å²) in [6, 6.07) is 13.8. The molecule has 0 amide bonds. The van der Waals surface area contributed by atoms with Gasteiger partial charge in [0, 0.05) is 35.1 Å². The zero-order valence-electron chi connectivity index (χ0n) is 14.3. The SMILES string of the molecule is COc1cc2ncc(C#N)c(Nc3ccc4cc[nH]c4c3)c2cc1OC. The van der Waals surface area contributed by atoms with Crippen LogP contribution in [-0.4, -0.2) is 24.2 Å². The number of hydrogen-bond donors (Lipinski definition) is 2. The van der Waals surface area contributed by atoms with Gasteiger partial charge in [0.05, 0.1) is 31.0 Å². The van der Waals surface area contributed by atoms with Crippen LogP contribution in [0.4, 0.5) is 11.4 Å². The fourth-order valence-corrected chi connectivity index (χ4v) is 3.01. The molecule has 6 heteroatoms. The van der Waals surface area contributed by atoms with Crippen LogP contribution < -0.4 is 14.8 Å². The molecule has 0 atom stereocenters. The summed E-state index contributed by atoms with van der Waals surface area (Å²) in [6.45, 7) is 0. The second-order valence-electron chi connectivity index (χ2n) is 5.79. The number of hydrogen-bond acceptors (Lipinski definition) is 5. The van der Waals surface area contributed by atoms with Crippen LogP contribution in [0, 0.1) is 11.3 Å². The molecule has 0 saturated heterocycles. The van der Waals surface area contributed by atoms with Crippen LogP contribution in [0.25, 0.3) is 21.8 Å². The van der Waals surface area contributed by atoms with Gasteiger partial charge < -0.3 is 19.8 Å². The Morgan fingerprint density at radius 3 is 2.65 bits per heavy atom. The Kier molecular flexibility index (Phi) is 3.82. The number of methoxy groups -OCH3 is 2. The maximum Gasteiger partial charge on any atom is 0.162 e. The van der Waals surface area contributed by atoms with E-state index in [1.807, 2.05) is 36.5 Å². The maximum atomic E-state index is 9.53. The van der Waals surface area contributed by atoms with E-state index >= 15 is 0 Å². The van der Waals surface area contributed by atoms with E-state index < -0.39 is 0 Å². The molecule has 0 aliphatic heterocycles. The number of aromatic amines is 1. The summed E-state index contributed by atoms with van der Waals surface area (Å²) < 4.78 is 10.7. The Labute approximate surface area is 150 Å². The van der Waals surface area contributed by atoms with Crippen molar-refractivity contribution < 1.29 is 9.47 Å². The van der Waals surface area contributed by atoms with Gasteiger partial charge in [0.15, 0.2) is 11.5 Å². The zero-order chi connectivity index (χ0) is 18.1. The Hall–Kier alpha value is -3.72. The molecule has 2 aromatic carbocycles. The van der Waals surface area contributed by atoms with Crippen molar-refractivity contribution >= 4 is 33.2 Å². The van der Waals surface area contributed by atoms with E-state index in [0.717, 1.165) is 22.0 Å². The molecule has 0 saturated carbocycles. The Bertz CT molecular complexity index is 1160. The van der Waals surface area contributed by atoms with Crippen molar-refractivity contribution in [3.8, 4) is 17.6 Å². The third kappa shape index (κ3) is 2.56. The number of aromatic nitrogens is 2. The fraction of sp³-hybridized carbons (Fsp3) is 0.100. The van der Waals surface area contributed by atoms with E-state index in [1.165, 1.54) is 0 Å². The largest absolute Gasteiger partial charge is 0.493 e. The molecule has 26 heavy (non-hydrogen) atoms. The van der Waals surface area contributed by atoms with Gasteiger partial charge in [-0.2, -0.15) is 5.26 Å². The van der Waals surface area contributed by atoms with E-state index in [1.54, 1.807) is 26.5 Å². The molecule has 2 aromatic heterocycles. The van der Waals surface area contributed by atoms with Gasteiger partial charge in [-0.25, -0.2) is 0 Å². The zero-order valence-corrected chi connectivity index (χ0v) is 14.3. The van der Waals surface area contributed by atoms with Crippen molar-refractivity contribution in [3.63, 3.8) is 0 Å². The van der Waals surface area contributed by atoms with E-state index in [4.69, 9.17) is 9.47 Å². The van der Waals surface area contributed by atoms with Crippen molar-refractivity contribution in [2.45, 2.75) is 0 Å². The molecule has 4 rings (SSSR count). The highest BCUT2D eigenvalue weighted by Crippen LogP contribution is 2.37. The van der Waals surface area contributed by atoms with Gasteiger partial charge in [0.2, 0.25) is 0 Å². The number of H-pyrrole nitrogens is 1. The van der Waals surface area contributed by atoms with Gasteiger partial charge in [-0.05, 0) is 29.7 Å². The van der Waals surface area contributed by atoms with Gasteiger partial charge in [-0.3, -0.25) is 4.98 Å². The van der Waals surface area contributed by atoms with Gasteiger partial charge in [0.1, 0.15) is 6.07 Å². The number of nitriles is 1. The molecule has 2 N–H and O–H groups in total. The summed E-state index contributed by atoms with van der Waals surface area (Å²) in [6.07, 6.45) is 3.46. The van der Waals surface area contributed by atoms with Gasteiger partial charge in [-0.1, -0.05) is 6.07 Å². The number of rotatable bonds is 4. The number of nitrogens with one attached hydrogen (secondary N) is 2. The standard InChI is InChI=1S/C20H16N4O2/c1-25-18-8-15-17(9-19(18)26-2)23-11-13(10-21)20(15)24-14-4-3-12-5-6-22-16(12)7-14/h3-9,11,22H,1-2H3,(H,23,24). The molecular weight excluding hydrogens is 328 g/mol. The highest BCUT2D eigenvalue weighted by molar-refractivity contribution is 5.98. The minimum absolute atomic E-state index is 0.455. The monoisotopic (exact) mass is 344 g/mol. The number of pyridine rings is 1. The predicted molar refractivity (Wildman–Crippen MR) is 101 cm³/mol. The van der Waals surface area contributed by atoms with Crippen LogP contribution in [0.15, 0.2) is 48.8 Å². The van der Waals surface area contributed by atoms with Crippen molar-refractivity contribution in [3.05, 3.63) is 54.4 Å². The first kappa shape index (κ1) is 15.8. The van der Waals surface area contributed by atoms with Gasteiger partial charge in [0.25, 0.3) is 0 Å². The van der Waals surface area contributed by atoms with Gasteiger partial charge in [-0.15, -0.1) is 0 Å². The van der Waals surface area contributed by atoms with Crippen LogP contribution in [-0.2, 0) is 0 Å². The summed E-state index contributed by atoms with van der Waals surface area (Å²) in [5.41, 5.74) is 3.75. The Balaban J connectivity index is 1.89. The lowest BCUT2D eigenvalue weighted by Crippen LogP contribution is -1.98. The number of benzene rings is 2. The molecule has 0 bridgehead atoms. The van der Waals surface area contributed by atoms with E-state index in [0.29, 0.717) is 28.3 Å². The molecule has 0 fully saturated rings. The molecule has 2 heterocycles. The molecule has 128 valence electrons. The average Bonchev–Trinajstić information content (AvgIpc) is 3.15. The van der Waals surface area contributed by atoms with E-state index in [-0.39, 0.29) is 0 Å². The lowest BCUT2D eigenvalue weighted by Gasteiger charge is -2.14. The summed E-state index contributed by atoms with van der Waals surface area (Å²) in [7, 11) is 3.16. The Morgan fingerprint density at radius 1 is 1.08 bits per heavy atom. The van der Waals surface area contributed by atoms with Crippen LogP contribution in [0.3, 0.4) is 0 Å². The third-order valence-electron chi connectivity index (χ3n) is 4.32. The lowest BCUT2D eigenvalue weighted by molar-refractivity contribution is 0.356. The van der Waals surface area contributed by atoms with E-state index in [9.17, 15) is 5.26 Å². The van der Waals surface area contributed by atoms with Crippen LogP contribution in [0.5, 0.6) is 11.5 Å². The quantitative estimate of drug-likeness (QED) is 0.575. The molecule has 0 unspecified atom stereocenters. The summed E-state index contributed by atoms with van der Waals surface area (Å²) in [5, 5.41) is 14.8. The molecule has 0 aliphatic carbocycles. The number of fused-ring (bicyclic) bond motifs is 2. The van der Waals surface area contributed by atoms with Crippen molar-refractivity contribution in [1.29, 1.82) is 5.26 Å². The Morgan fingerprint density at radius 2 is 1.88 bits per heavy atom. The second kappa shape index (κ2) is 6.30. The minimum atomic E-state index is 0.455. The summed E-state index contributed by atoms with van der Waals surface area (Å²) in [5.74, 6) is 1.18. The third-order valence-corrected chi connectivity index (χ3v) is 4.32. The van der Waals surface area contributed by atoms with Crippen LogP contribution in [0.1, 0.15) is 5.56 Å². The highest BCUT2D eigenvalue weighted by atomic mass is 16.5. The first-order valence-electron chi connectivity index (χ1n) is 8.02. The lowest BCUT2D eigenvalue weighted by atomic mass is 10.1. The fourth-order valence-electron chi connectivity index (χ4n) is 3.01. The van der Waals surface area contributed by atoms with Crippen LogP contribution in [0.2, 0.25) is 0 Å². The predicted octanol–water partition coefficient (Wildman–Crippen LogP) is 4.35. The maximum absolute atomic E-state index is 9.53. The molecular formula is C20H16N4O2. The molecule has 0 radical (unpaired) electrons. The number of ether oxygens (including phenoxy) is 2. The molecule has 4 aromatic rings. The van der Waals surface area contributed by atoms with Crippen molar-refractivity contribution in [2.24, 2.45) is 0 Å². The molecule has 0 aliphatic rings. The first-order chi connectivity index (χ1) is 12.7. The average molecular weight is 344 g/mol. The van der Waals surface area contributed by atoms with Crippen LogP contribution >= 0.6 is 0 Å². The molecule has 6 nitrogen and oxygen atoms in total. The van der Waals surface area contributed by atoms with E-state index in [2.05, 4.69) is 21.4 Å². The topological polar surface area (TPSA) is 83.0 Å². The summed E-state index contributed by atoms with van der Waals surface area (Å²) in [4.78, 5) is 7.57. The smallest absolute Gasteiger partial charge is 0.162 e. The minimum Gasteiger partial charge on any atom is -0.493 e. The molecule has 0 spiro atoms. The van der Waals surface area contributed by atoms with Gasteiger partial charge >= 0.3 is 0 Å². The second-order valence-corrected chi connectivity index (χ2v) is 5.79.